The first-order valence-corrected chi connectivity index (χ1v) is 7.33. The molecule has 0 aliphatic carbocycles. The van der Waals surface area contributed by atoms with Crippen molar-refractivity contribution in [3.63, 3.8) is 0 Å². The number of aryl methyl sites for hydroxylation is 2. The number of hydrogen-bond donors (Lipinski definition) is 2. The maximum Gasteiger partial charge on any atom is 0.228 e. The zero-order valence-corrected chi connectivity index (χ0v) is 12.4. The van der Waals surface area contributed by atoms with E-state index in [-0.39, 0.29) is 0 Å². The number of piperidine rings is 1. The van der Waals surface area contributed by atoms with Crippen LogP contribution in [0.2, 0.25) is 0 Å². The van der Waals surface area contributed by atoms with Crippen LogP contribution in [0, 0.1) is 13.8 Å². The fourth-order valence-electron chi connectivity index (χ4n) is 2.64. The van der Waals surface area contributed by atoms with E-state index in [1.807, 2.05) is 26.1 Å². The minimum absolute atomic E-state index is 0.438. The minimum atomic E-state index is 0.438. The molecule has 110 valence electrons. The van der Waals surface area contributed by atoms with Crippen LogP contribution in [-0.2, 0) is 0 Å². The van der Waals surface area contributed by atoms with Crippen LogP contribution in [0.25, 0.3) is 0 Å². The molecule has 0 radical (unpaired) electrons. The zero-order valence-electron chi connectivity index (χ0n) is 12.4. The fourth-order valence-corrected chi connectivity index (χ4v) is 2.64. The van der Waals surface area contributed by atoms with Gasteiger partial charge in [0.2, 0.25) is 5.95 Å². The normalized spacial score (nSPS) is 18.5. The second-order valence-electron chi connectivity index (χ2n) is 5.47. The van der Waals surface area contributed by atoms with E-state index in [1.165, 1.54) is 6.42 Å². The summed E-state index contributed by atoms with van der Waals surface area (Å²) >= 11 is 0. The molecular formula is C15H20N6. The number of aromatic nitrogens is 4. The van der Waals surface area contributed by atoms with Crippen molar-refractivity contribution in [1.29, 1.82) is 0 Å². The Morgan fingerprint density at radius 2 is 1.95 bits per heavy atom. The predicted octanol–water partition coefficient (Wildman–Crippen LogP) is 2.09. The quantitative estimate of drug-likeness (QED) is 0.899. The van der Waals surface area contributed by atoms with Crippen LogP contribution in [0.4, 0.5) is 11.8 Å². The summed E-state index contributed by atoms with van der Waals surface area (Å²) in [5, 5.41) is 6.55. The molecular weight excluding hydrogens is 264 g/mol. The molecule has 3 rings (SSSR count). The Bertz CT molecular complexity index is 601. The summed E-state index contributed by atoms with van der Waals surface area (Å²) in [6, 6.07) is 1.95. The van der Waals surface area contributed by atoms with Gasteiger partial charge in [-0.1, -0.05) is 0 Å². The van der Waals surface area contributed by atoms with Crippen LogP contribution < -0.4 is 10.6 Å². The average Bonchev–Trinajstić information content (AvgIpc) is 2.47. The van der Waals surface area contributed by atoms with Crippen molar-refractivity contribution < 1.29 is 0 Å². The van der Waals surface area contributed by atoms with Crippen molar-refractivity contribution in [2.24, 2.45) is 0 Å². The first-order valence-electron chi connectivity index (χ1n) is 7.33. The van der Waals surface area contributed by atoms with Gasteiger partial charge in [-0.3, -0.25) is 4.98 Å². The highest BCUT2D eigenvalue weighted by atomic mass is 15.1. The van der Waals surface area contributed by atoms with E-state index in [0.717, 1.165) is 36.6 Å². The first-order chi connectivity index (χ1) is 10.2. The van der Waals surface area contributed by atoms with Crippen LogP contribution >= 0.6 is 0 Å². The molecule has 1 unspecified atom stereocenters. The highest BCUT2D eigenvalue weighted by molar-refractivity contribution is 5.46. The molecule has 0 aromatic carbocycles. The second-order valence-corrected chi connectivity index (χ2v) is 5.47. The lowest BCUT2D eigenvalue weighted by molar-refractivity contribution is 0.454. The summed E-state index contributed by atoms with van der Waals surface area (Å²) in [6.07, 6.45) is 5.90. The van der Waals surface area contributed by atoms with Crippen LogP contribution in [-0.4, -0.2) is 33.0 Å². The van der Waals surface area contributed by atoms with Gasteiger partial charge in [-0.05, 0) is 39.3 Å². The van der Waals surface area contributed by atoms with Gasteiger partial charge in [-0.2, -0.15) is 0 Å². The van der Waals surface area contributed by atoms with Crippen LogP contribution in [0.5, 0.6) is 0 Å². The Balaban J connectivity index is 1.79. The van der Waals surface area contributed by atoms with Gasteiger partial charge >= 0.3 is 0 Å². The Hall–Kier alpha value is -2.08. The molecule has 1 saturated heterocycles. The van der Waals surface area contributed by atoms with Gasteiger partial charge in [0, 0.05) is 30.0 Å². The summed E-state index contributed by atoms with van der Waals surface area (Å²) in [5.74, 6) is 1.71. The molecule has 2 aromatic heterocycles. The van der Waals surface area contributed by atoms with Gasteiger partial charge in [-0.25, -0.2) is 15.0 Å². The topological polar surface area (TPSA) is 75.6 Å². The lowest BCUT2D eigenvalue weighted by atomic mass is 9.96. The van der Waals surface area contributed by atoms with E-state index in [2.05, 4.69) is 30.6 Å². The molecule has 1 aliphatic rings. The van der Waals surface area contributed by atoms with Gasteiger partial charge in [0.15, 0.2) is 5.82 Å². The SMILES string of the molecule is Cc1cc(C)nc(Nc2cncc(C3CCCNC3)n2)n1. The van der Waals surface area contributed by atoms with Crippen molar-refractivity contribution in [3.05, 3.63) is 35.5 Å². The van der Waals surface area contributed by atoms with E-state index in [9.17, 15) is 0 Å². The average molecular weight is 284 g/mol. The maximum absolute atomic E-state index is 4.66. The van der Waals surface area contributed by atoms with Crippen molar-refractivity contribution in [2.45, 2.75) is 32.6 Å². The lowest BCUT2D eigenvalue weighted by Crippen LogP contribution is -2.29. The fraction of sp³-hybridized carbons (Fsp3) is 0.467. The molecule has 0 spiro atoms. The van der Waals surface area contributed by atoms with Crippen molar-refractivity contribution in [2.75, 3.05) is 18.4 Å². The highest BCUT2D eigenvalue weighted by Gasteiger charge is 2.17. The summed E-state index contributed by atoms with van der Waals surface area (Å²) in [4.78, 5) is 17.7. The zero-order chi connectivity index (χ0) is 14.7. The first kappa shape index (κ1) is 13.9. The number of nitrogens with one attached hydrogen (secondary N) is 2. The monoisotopic (exact) mass is 284 g/mol. The maximum atomic E-state index is 4.66. The Morgan fingerprint density at radius 3 is 2.67 bits per heavy atom. The van der Waals surface area contributed by atoms with Crippen LogP contribution in [0.1, 0.15) is 35.8 Å². The summed E-state index contributed by atoms with van der Waals surface area (Å²) in [5.41, 5.74) is 2.90. The largest absolute Gasteiger partial charge is 0.316 e. The smallest absolute Gasteiger partial charge is 0.228 e. The number of rotatable bonds is 3. The van der Waals surface area contributed by atoms with E-state index in [0.29, 0.717) is 17.7 Å². The third-order valence-corrected chi connectivity index (χ3v) is 3.59. The van der Waals surface area contributed by atoms with Gasteiger partial charge < -0.3 is 10.6 Å². The number of nitrogens with zero attached hydrogens (tertiary/aromatic N) is 4. The van der Waals surface area contributed by atoms with E-state index in [1.54, 1.807) is 6.20 Å². The molecule has 1 atom stereocenters. The Morgan fingerprint density at radius 1 is 1.14 bits per heavy atom. The standard InChI is InChI=1S/C15H20N6/c1-10-6-11(2)19-15(18-10)21-14-9-17-8-13(20-14)12-4-3-5-16-7-12/h6,8-9,12,16H,3-5,7H2,1-2H3,(H,18,19,20,21). The lowest BCUT2D eigenvalue weighted by Gasteiger charge is -2.22. The van der Waals surface area contributed by atoms with Crippen LogP contribution in [0.15, 0.2) is 18.5 Å². The predicted molar refractivity (Wildman–Crippen MR) is 81.7 cm³/mol. The Kier molecular flexibility index (Phi) is 4.06. The molecule has 3 heterocycles. The highest BCUT2D eigenvalue weighted by Crippen LogP contribution is 2.22. The third kappa shape index (κ3) is 3.52. The summed E-state index contributed by atoms with van der Waals surface area (Å²) in [7, 11) is 0. The molecule has 21 heavy (non-hydrogen) atoms. The molecule has 0 amide bonds. The van der Waals surface area contributed by atoms with Crippen LogP contribution in [0.3, 0.4) is 0 Å². The van der Waals surface area contributed by atoms with Gasteiger partial charge in [0.05, 0.1) is 11.9 Å². The van der Waals surface area contributed by atoms with Gasteiger partial charge in [0.25, 0.3) is 0 Å². The number of anilines is 2. The van der Waals surface area contributed by atoms with Gasteiger partial charge in [0.1, 0.15) is 0 Å². The van der Waals surface area contributed by atoms with Crippen molar-refractivity contribution in [1.82, 2.24) is 25.3 Å². The minimum Gasteiger partial charge on any atom is -0.316 e. The van der Waals surface area contributed by atoms with Crippen molar-refractivity contribution >= 4 is 11.8 Å². The second kappa shape index (κ2) is 6.13. The molecule has 1 aliphatic heterocycles. The molecule has 0 saturated carbocycles. The molecule has 6 nitrogen and oxygen atoms in total. The third-order valence-electron chi connectivity index (χ3n) is 3.59. The van der Waals surface area contributed by atoms with E-state index >= 15 is 0 Å². The molecule has 2 N–H and O–H groups in total. The Labute approximate surface area is 124 Å². The van der Waals surface area contributed by atoms with Crippen molar-refractivity contribution in [3.8, 4) is 0 Å². The summed E-state index contributed by atoms with van der Waals surface area (Å²) < 4.78 is 0. The van der Waals surface area contributed by atoms with E-state index in [4.69, 9.17) is 0 Å². The molecule has 6 heteroatoms. The summed E-state index contributed by atoms with van der Waals surface area (Å²) in [6.45, 7) is 5.97. The van der Waals surface area contributed by atoms with Gasteiger partial charge in [-0.15, -0.1) is 0 Å². The van der Waals surface area contributed by atoms with E-state index < -0.39 is 0 Å². The molecule has 2 aromatic rings. The number of hydrogen-bond acceptors (Lipinski definition) is 6. The molecule has 1 fully saturated rings. The molecule has 0 bridgehead atoms.